The van der Waals surface area contributed by atoms with Gasteiger partial charge in [0.25, 0.3) is 5.56 Å². The Morgan fingerprint density at radius 2 is 1.70 bits per heavy atom. The van der Waals surface area contributed by atoms with E-state index in [0.717, 1.165) is 0 Å². The van der Waals surface area contributed by atoms with Crippen molar-refractivity contribution in [1.82, 2.24) is 15.3 Å². The van der Waals surface area contributed by atoms with Crippen LogP contribution in [0.3, 0.4) is 0 Å². The highest BCUT2D eigenvalue weighted by atomic mass is 16.5. The average Bonchev–Trinajstić information content (AvgIpc) is 3.07. The smallest absolute Gasteiger partial charge is 0.407 e. The van der Waals surface area contributed by atoms with Crippen LogP contribution in [0.15, 0.2) is 70.4 Å². The number of carbonyl (C=O) groups excluding carboxylic acids is 1. The van der Waals surface area contributed by atoms with Crippen LogP contribution in [0.1, 0.15) is 29.0 Å². The molecule has 0 atom stereocenters. The summed E-state index contributed by atoms with van der Waals surface area (Å²) in [5.74, 6) is 0.0232. The third-order valence-corrected chi connectivity index (χ3v) is 5.07. The lowest BCUT2D eigenvalue weighted by molar-refractivity contribution is 0.143. The van der Waals surface area contributed by atoms with Gasteiger partial charge in [0.1, 0.15) is 6.61 Å². The Morgan fingerprint density at radius 1 is 1.03 bits per heavy atom. The molecule has 1 aliphatic carbocycles. The van der Waals surface area contributed by atoms with Gasteiger partial charge >= 0.3 is 11.8 Å². The Morgan fingerprint density at radius 3 is 2.37 bits per heavy atom. The van der Waals surface area contributed by atoms with E-state index in [1.807, 2.05) is 24.3 Å². The Kier molecular flexibility index (Phi) is 5.61. The summed E-state index contributed by atoms with van der Waals surface area (Å²) < 4.78 is 5.47. The number of alkyl carbamates (subject to hydrolysis) is 1. The molecular weight excluding hydrogens is 382 g/mol. The zero-order valence-electron chi connectivity index (χ0n) is 16.2. The van der Waals surface area contributed by atoms with Crippen molar-refractivity contribution in [3.63, 3.8) is 0 Å². The molecule has 0 radical (unpaired) electrons. The van der Waals surface area contributed by atoms with Gasteiger partial charge in [0, 0.05) is 18.7 Å². The fourth-order valence-corrected chi connectivity index (χ4v) is 3.66. The topological polar surface area (TPSA) is 104 Å². The number of aromatic amines is 2. The minimum atomic E-state index is -0.547. The lowest BCUT2D eigenvalue weighted by atomic mass is 9.98. The average molecular weight is 403 g/mol. The Labute approximate surface area is 172 Å². The summed E-state index contributed by atoms with van der Waals surface area (Å²) >= 11 is 0. The predicted octanol–water partition coefficient (Wildman–Crippen LogP) is 3.01. The number of hydrogen-bond donors (Lipinski definition) is 3. The van der Waals surface area contributed by atoms with E-state index < -0.39 is 17.3 Å². The molecule has 7 nitrogen and oxygen atoms in total. The summed E-state index contributed by atoms with van der Waals surface area (Å²) in [6, 6.07) is 16.4. The van der Waals surface area contributed by atoms with Crippen molar-refractivity contribution in [2.45, 2.75) is 12.3 Å². The molecule has 2 aromatic carbocycles. The van der Waals surface area contributed by atoms with Crippen LogP contribution in [-0.2, 0) is 4.74 Å². The van der Waals surface area contributed by atoms with E-state index in [9.17, 15) is 14.4 Å². The fraction of sp³-hybridized carbons (Fsp3) is 0.174. The van der Waals surface area contributed by atoms with Crippen LogP contribution in [0.5, 0.6) is 0 Å². The highest BCUT2D eigenvalue weighted by molar-refractivity contribution is 5.79. The Hall–Kier alpha value is -3.87. The maximum atomic E-state index is 12.1. The molecule has 152 valence electrons. The maximum Gasteiger partial charge on any atom is 0.407 e. The number of benzene rings is 2. The van der Waals surface area contributed by atoms with Crippen LogP contribution in [0, 0.1) is 0 Å². The summed E-state index contributed by atoms with van der Waals surface area (Å²) in [5.41, 5.74) is 4.04. The zero-order chi connectivity index (χ0) is 20.9. The van der Waals surface area contributed by atoms with Crippen molar-refractivity contribution in [1.29, 1.82) is 0 Å². The van der Waals surface area contributed by atoms with Gasteiger partial charge < -0.3 is 15.0 Å². The van der Waals surface area contributed by atoms with Gasteiger partial charge in [-0.2, -0.15) is 0 Å². The second-order valence-corrected chi connectivity index (χ2v) is 6.97. The normalized spacial score (nSPS) is 12.5. The third kappa shape index (κ3) is 4.10. The largest absolute Gasteiger partial charge is 0.449 e. The van der Waals surface area contributed by atoms with Crippen molar-refractivity contribution < 1.29 is 9.53 Å². The van der Waals surface area contributed by atoms with Crippen LogP contribution in [0.4, 0.5) is 4.79 Å². The second kappa shape index (κ2) is 8.65. The fourth-order valence-electron chi connectivity index (χ4n) is 3.66. The number of hydrogen-bond acceptors (Lipinski definition) is 4. The summed E-state index contributed by atoms with van der Waals surface area (Å²) in [6.45, 7) is 0.636. The van der Waals surface area contributed by atoms with Crippen LogP contribution in [-0.4, -0.2) is 29.2 Å². The molecule has 3 N–H and O–H groups in total. The molecular formula is C23H21N3O4. The number of aromatic nitrogens is 2. The van der Waals surface area contributed by atoms with E-state index in [-0.39, 0.29) is 12.5 Å². The van der Waals surface area contributed by atoms with Gasteiger partial charge in [-0.15, -0.1) is 0 Å². The van der Waals surface area contributed by atoms with Crippen molar-refractivity contribution >= 4 is 12.2 Å². The highest BCUT2D eigenvalue weighted by Gasteiger charge is 2.28. The summed E-state index contributed by atoms with van der Waals surface area (Å²) in [4.78, 5) is 39.2. The number of rotatable bonds is 6. The minimum absolute atomic E-state index is 0.0232. The molecule has 0 saturated carbocycles. The summed E-state index contributed by atoms with van der Waals surface area (Å²) in [7, 11) is 0. The first-order chi connectivity index (χ1) is 14.6. The van der Waals surface area contributed by atoms with Gasteiger partial charge in [0.15, 0.2) is 0 Å². The summed E-state index contributed by atoms with van der Waals surface area (Å²) in [6.07, 6.45) is 4.72. The van der Waals surface area contributed by atoms with Crippen molar-refractivity contribution in [3.05, 3.63) is 98.3 Å². The molecule has 0 spiro atoms. The third-order valence-electron chi connectivity index (χ3n) is 5.07. The quantitative estimate of drug-likeness (QED) is 0.550. The Bertz CT molecular complexity index is 1160. The predicted molar refractivity (Wildman–Crippen MR) is 114 cm³/mol. The van der Waals surface area contributed by atoms with Crippen LogP contribution in [0.2, 0.25) is 0 Å². The van der Waals surface area contributed by atoms with E-state index in [1.54, 1.807) is 12.2 Å². The van der Waals surface area contributed by atoms with E-state index >= 15 is 0 Å². The number of H-pyrrole nitrogens is 2. The molecule has 0 unspecified atom stereocenters. The molecule has 1 aromatic heterocycles. The standard InChI is InChI=1S/C23H21N3O4/c27-21-15(13-25-22(28)26-21)7-5-6-12-24-23(29)30-14-20-18-10-3-1-8-16(18)17-9-2-4-11-19(17)20/h1-5,7-11,13,20H,6,12,14H2,(H,24,29)(H2,25,26,27,28). The zero-order valence-corrected chi connectivity index (χ0v) is 16.2. The van der Waals surface area contributed by atoms with E-state index in [0.29, 0.717) is 18.5 Å². The molecule has 1 amide bonds. The first-order valence-electron chi connectivity index (χ1n) is 9.71. The first kappa shape index (κ1) is 19.4. The molecule has 7 heteroatoms. The number of ether oxygens (including phenoxy) is 1. The van der Waals surface area contributed by atoms with Crippen molar-refractivity contribution in [3.8, 4) is 11.1 Å². The van der Waals surface area contributed by atoms with Gasteiger partial charge in [-0.1, -0.05) is 60.7 Å². The number of amides is 1. The molecule has 0 fully saturated rings. The van der Waals surface area contributed by atoms with Gasteiger partial charge in [-0.25, -0.2) is 9.59 Å². The number of carbonyl (C=O) groups is 1. The molecule has 1 heterocycles. The van der Waals surface area contributed by atoms with Crippen LogP contribution in [0.25, 0.3) is 17.2 Å². The van der Waals surface area contributed by atoms with Gasteiger partial charge in [0.2, 0.25) is 0 Å². The van der Waals surface area contributed by atoms with E-state index in [4.69, 9.17) is 4.74 Å². The molecule has 30 heavy (non-hydrogen) atoms. The van der Waals surface area contributed by atoms with Crippen molar-refractivity contribution in [2.24, 2.45) is 0 Å². The maximum absolute atomic E-state index is 12.1. The van der Waals surface area contributed by atoms with Crippen LogP contribution < -0.4 is 16.6 Å². The van der Waals surface area contributed by atoms with Gasteiger partial charge in [-0.05, 0) is 28.7 Å². The monoisotopic (exact) mass is 403 g/mol. The molecule has 1 aliphatic rings. The SMILES string of the molecule is O=C(NCCC=Cc1c[nH]c(=O)[nH]c1=O)OCC1c2ccccc2-c2ccccc21. The molecule has 0 saturated heterocycles. The van der Waals surface area contributed by atoms with E-state index in [1.165, 1.54) is 28.5 Å². The second-order valence-electron chi connectivity index (χ2n) is 6.97. The van der Waals surface area contributed by atoms with Gasteiger partial charge in [-0.3, -0.25) is 9.78 Å². The number of nitrogens with one attached hydrogen (secondary N) is 3. The molecule has 0 bridgehead atoms. The summed E-state index contributed by atoms with van der Waals surface area (Å²) in [5, 5.41) is 2.71. The van der Waals surface area contributed by atoms with E-state index in [2.05, 4.69) is 39.6 Å². The Balaban J connectivity index is 1.29. The van der Waals surface area contributed by atoms with Gasteiger partial charge in [0.05, 0.1) is 5.56 Å². The minimum Gasteiger partial charge on any atom is -0.449 e. The van der Waals surface area contributed by atoms with Crippen LogP contribution >= 0.6 is 0 Å². The lowest BCUT2D eigenvalue weighted by Gasteiger charge is -2.14. The first-order valence-corrected chi connectivity index (χ1v) is 9.71. The molecule has 0 aliphatic heterocycles. The molecule has 3 aromatic rings. The van der Waals surface area contributed by atoms with Crippen molar-refractivity contribution in [2.75, 3.05) is 13.2 Å². The highest BCUT2D eigenvalue weighted by Crippen LogP contribution is 2.44. The lowest BCUT2D eigenvalue weighted by Crippen LogP contribution is -2.26. The molecule has 4 rings (SSSR count). The number of fused-ring (bicyclic) bond motifs is 3.